The maximum Gasteiger partial charge on any atom is 0.336 e. The number of carboxylic acid groups (broad SMARTS) is 1. The molecule has 26 heavy (non-hydrogen) atoms. The number of fused-ring (bicyclic) bond motifs is 3. The normalized spacial score (nSPS) is 18.6. The molecular formula is C19H19N3O4. The maximum absolute atomic E-state index is 12.5. The number of hydrogen-bond acceptors (Lipinski definition) is 4. The molecule has 0 bridgehead atoms. The number of rotatable bonds is 3. The fraction of sp³-hybridized carbons (Fsp3) is 0.421. The van der Waals surface area contributed by atoms with Crippen molar-refractivity contribution in [1.82, 2.24) is 14.4 Å². The number of nitrogens with zero attached hydrogens (tertiary/aromatic N) is 2. The highest BCUT2D eigenvalue weighted by atomic mass is 16.5. The lowest BCUT2D eigenvalue weighted by Crippen LogP contribution is -2.18. The van der Waals surface area contributed by atoms with Crippen molar-refractivity contribution in [3.63, 3.8) is 0 Å². The summed E-state index contributed by atoms with van der Waals surface area (Å²) in [5, 5.41) is 9.58. The number of aromatic nitrogens is 3. The summed E-state index contributed by atoms with van der Waals surface area (Å²) in [7, 11) is 0. The molecule has 2 fully saturated rings. The molecule has 7 heteroatoms. The molecule has 0 atom stereocenters. The largest absolute Gasteiger partial charge is 0.478 e. The lowest BCUT2D eigenvalue weighted by Gasteiger charge is -2.21. The van der Waals surface area contributed by atoms with Crippen LogP contribution in [0.25, 0.3) is 16.6 Å². The Kier molecular flexibility index (Phi) is 3.40. The van der Waals surface area contributed by atoms with Crippen LogP contribution in [-0.2, 0) is 4.74 Å². The van der Waals surface area contributed by atoms with E-state index < -0.39 is 5.97 Å². The zero-order valence-corrected chi connectivity index (χ0v) is 14.2. The Hall–Kier alpha value is -2.67. The van der Waals surface area contributed by atoms with Gasteiger partial charge in [-0.25, -0.2) is 9.78 Å². The van der Waals surface area contributed by atoms with Gasteiger partial charge in [0, 0.05) is 19.1 Å². The van der Waals surface area contributed by atoms with Crippen LogP contribution < -0.4 is 5.56 Å². The van der Waals surface area contributed by atoms with E-state index >= 15 is 0 Å². The van der Waals surface area contributed by atoms with Crippen LogP contribution in [-0.4, -0.2) is 38.7 Å². The second-order valence-corrected chi connectivity index (χ2v) is 7.21. The van der Waals surface area contributed by atoms with E-state index in [0.29, 0.717) is 30.2 Å². The van der Waals surface area contributed by atoms with Crippen molar-refractivity contribution in [2.75, 3.05) is 13.2 Å². The first-order valence-corrected chi connectivity index (χ1v) is 9.02. The van der Waals surface area contributed by atoms with Gasteiger partial charge in [0.2, 0.25) is 0 Å². The molecule has 2 aliphatic rings. The Balaban J connectivity index is 1.82. The molecule has 5 rings (SSSR count). The topological polar surface area (TPSA) is 96.7 Å². The van der Waals surface area contributed by atoms with E-state index in [4.69, 9.17) is 4.74 Å². The highest BCUT2D eigenvalue weighted by Crippen LogP contribution is 2.43. The van der Waals surface area contributed by atoms with Crippen LogP contribution in [0.3, 0.4) is 0 Å². The molecule has 1 saturated heterocycles. The second kappa shape index (κ2) is 5.67. The molecule has 134 valence electrons. The summed E-state index contributed by atoms with van der Waals surface area (Å²) in [5.74, 6) is 0.441. The predicted octanol–water partition coefficient (Wildman–Crippen LogP) is 2.65. The van der Waals surface area contributed by atoms with Gasteiger partial charge in [-0.15, -0.1) is 0 Å². The minimum absolute atomic E-state index is 0.236. The summed E-state index contributed by atoms with van der Waals surface area (Å²) in [6, 6.07) is 3.53. The van der Waals surface area contributed by atoms with Crippen molar-refractivity contribution in [1.29, 1.82) is 0 Å². The van der Waals surface area contributed by atoms with E-state index in [9.17, 15) is 14.7 Å². The van der Waals surface area contributed by atoms with Crippen LogP contribution >= 0.6 is 0 Å². The van der Waals surface area contributed by atoms with Crippen LogP contribution in [0.1, 0.15) is 59.3 Å². The molecule has 1 aliphatic carbocycles. The first kappa shape index (κ1) is 15.6. The number of carbonyl (C=O) groups is 1. The van der Waals surface area contributed by atoms with Gasteiger partial charge in [-0.1, -0.05) is 0 Å². The van der Waals surface area contributed by atoms with Gasteiger partial charge in [0.15, 0.2) is 0 Å². The Bertz CT molecular complexity index is 1090. The third-order valence-corrected chi connectivity index (χ3v) is 5.51. The van der Waals surface area contributed by atoms with Crippen molar-refractivity contribution in [2.24, 2.45) is 0 Å². The first-order chi connectivity index (χ1) is 12.6. The smallest absolute Gasteiger partial charge is 0.336 e. The Morgan fingerprint density at radius 3 is 2.62 bits per heavy atom. The monoisotopic (exact) mass is 353 g/mol. The molecule has 1 aromatic carbocycles. The van der Waals surface area contributed by atoms with Gasteiger partial charge in [-0.2, -0.15) is 0 Å². The Morgan fingerprint density at radius 2 is 1.92 bits per heavy atom. The Morgan fingerprint density at radius 1 is 1.15 bits per heavy atom. The number of aromatic carboxylic acids is 1. The minimum atomic E-state index is -0.954. The fourth-order valence-corrected chi connectivity index (χ4v) is 4.02. The predicted molar refractivity (Wildman–Crippen MR) is 95.0 cm³/mol. The maximum atomic E-state index is 12.5. The molecule has 3 aromatic rings. The number of H-pyrrole nitrogens is 1. The lowest BCUT2D eigenvalue weighted by atomic mass is 9.99. The zero-order chi connectivity index (χ0) is 17.8. The standard InChI is InChI=1S/C19H19N3O4/c23-18-16-9-20-17(11-3-5-26-6-4-11)22(16)15-8-12(10-1-2-10)13(19(24)25)7-14(15)21-18/h7-11H,1-6H2,(H,21,23)(H,24,25). The third kappa shape index (κ3) is 2.34. The van der Waals surface area contributed by atoms with Gasteiger partial charge < -0.3 is 14.8 Å². The number of benzene rings is 1. The number of ether oxygens (including phenoxy) is 1. The van der Waals surface area contributed by atoms with Crippen LogP contribution in [0, 0.1) is 0 Å². The molecule has 7 nitrogen and oxygen atoms in total. The summed E-state index contributed by atoms with van der Waals surface area (Å²) >= 11 is 0. The molecule has 2 N–H and O–H groups in total. The van der Waals surface area contributed by atoms with Crippen molar-refractivity contribution in [3.05, 3.63) is 45.6 Å². The van der Waals surface area contributed by atoms with Crippen molar-refractivity contribution in [3.8, 4) is 0 Å². The first-order valence-electron chi connectivity index (χ1n) is 9.02. The minimum Gasteiger partial charge on any atom is -0.478 e. The summed E-state index contributed by atoms with van der Waals surface area (Å²) in [6.07, 6.45) is 5.38. The van der Waals surface area contributed by atoms with Crippen LogP contribution in [0.4, 0.5) is 0 Å². The van der Waals surface area contributed by atoms with Crippen molar-refractivity contribution >= 4 is 22.5 Å². The average molecular weight is 353 g/mol. The summed E-state index contributed by atoms with van der Waals surface area (Å²) in [4.78, 5) is 31.6. The van der Waals surface area contributed by atoms with E-state index in [1.54, 1.807) is 12.3 Å². The Labute approximate surface area is 148 Å². The number of hydrogen-bond donors (Lipinski definition) is 2. The summed E-state index contributed by atoms with van der Waals surface area (Å²) in [5.41, 5.74) is 2.75. The van der Waals surface area contributed by atoms with E-state index in [1.807, 2.05) is 10.5 Å². The molecular weight excluding hydrogens is 334 g/mol. The van der Waals surface area contributed by atoms with Gasteiger partial charge in [-0.3, -0.25) is 9.20 Å². The molecule has 1 aliphatic heterocycles. The highest BCUT2D eigenvalue weighted by Gasteiger charge is 2.30. The fourth-order valence-electron chi connectivity index (χ4n) is 4.02. The van der Waals surface area contributed by atoms with E-state index in [0.717, 1.165) is 42.6 Å². The van der Waals surface area contributed by atoms with E-state index in [1.165, 1.54) is 0 Å². The lowest BCUT2D eigenvalue weighted by molar-refractivity contribution is 0.0695. The van der Waals surface area contributed by atoms with Crippen molar-refractivity contribution < 1.29 is 14.6 Å². The van der Waals surface area contributed by atoms with Gasteiger partial charge in [0.1, 0.15) is 11.3 Å². The van der Waals surface area contributed by atoms with Gasteiger partial charge in [-0.05, 0) is 49.3 Å². The summed E-state index contributed by atoms with van der Waals surface area (Å²) in [6.45, 7) is 1.38. The number of nitrogens with one attached hydrogen (secondary N) is 1. The van der Waals surface area contributed by atoms with Gasteiger partial charge in [0.05, 0.1) is 22.8 Å². The number of aromatic amines is 1. The molecule has 0 unspecified atom stereocenters. The van der Waals surface area contributed by atoms with Gasteiger partial charge >= 0.3 is 5.97 Å². The van der Waals surface area contributed by atoms with Gasteiger partial charge in [0.25, 0.3) is 5.56 Å². The van der Waals surface area contributed by atoms with E-state index in [-0.39, 0.29) is 17.0 Å². The molecule has 0 spiro atoms. The molecule has 0 amide bonds. The highest BCUT2D eigenvalue weighted by molar-refractivity contribution is 5.95. The second-order valence-electron chi connectivity index (χ2n) is 7.21. The van der Waals surface area contributed by atoms with Crippen LogP contribution in [0.15, 0.2) is 23.1 Å². The molecule has 2 aromatic heterocycles. The van der Waals surface area contributed by atoms with Crippen LogP contribution in [0.5, 0.6) is 0 Å². The zero-order valence-electron chi connectivity index (χ0n) is 14.2. The molecule has 0 radical (unpaired) electrons. The van der Waals surface area contributed by atoms with E-state index in [2.05, 4.69) is 9.97 Å². The number of imidazole rings is 1. The summed E-state index contributed by atoms with van der Waals surface area (Å²) < 4.78 is 7.37. The average Bonchev–Trinajstić information content (AvgIpc) is 3.39. The number of carboxylic acids is 1. The third-order valence-electron chi connectivity index (χ3n) is 5.51. The van der Waals surface area contributed by atoms with Crippen molar-refractivity contribution in [2.45, 2.75) is 37.5 Å². The molecule has 1 saturated carbocycles. The SMILES string of the molecule is O=C(O)c1cc2[nH]c(=O)c3cnc(C4CCOCC4)n3c2cc1C1CC1. The van der Waals surface area contributed by atoms with Crippen LogP contribution in [0.2, 0.25) is 0 Å². The quantitative estimate of drug-likeness (QED) is 0.754. The molecule has 3 heterocycles.